The molecule has 5 heteroatoms. The fourth-order valence-corrected chi connectivity index (χ4v) is 3.71. The Kier molecular flexibility index (Phi) is 5.67. The smallest absolute Gasteiger partial charge is 0.275 e. The van der Waals surface area contributed by atoms with Gasteiger partial charge in [-0.25, -0.2) is 0 Å². The average molecular weight is 415 g/mol. The van der Waals surface area contributed by atoms with Gasteiger partial charge in [-0.2, -0.15) is 0 Å². The zero-order valence-electron chi connectivity index (χ0n) is 18.2. The van der Waals surface area contributed by atoms with E-state index in [9.17, 15) is 4.79 Å². The largest absolute Gasteiger partial charge is 0.493 e. The van der Waals surface area contributed by atoms with Gasteiger partial charge in [-0.1, -0.05) is 41.5 Å². The number of nitrogens with zero attached hydrogens (tertiary/aromatic N) is 1. The van der Waals surface area contributed by atoms with Crippen LogP contribution in [0.15, 0.2) is 78.5 Å². The minimum absolute atomic E-state index is 0.0794. The van der Waals surface area contributed by atoms with Gasteiger partial charge < -0.3 is 14.8 Å². The summed E-state index contributed by atoms with van der Waals surface area (Å²) in [6.07, 6.45) is 1.96. The van der Waals surface area contributed by atoms with Crippen molar-refractivity contribution in [1.29, 1.82) is 0 Å². The lowest BCUT2D eigenvalue weighted by Crippen LogP contribution is -2.30. The van der Waals surface area contributed by atoms with Crippen LogP contribution < -0.4 is 19.7 Å². The van der Waals surface area contributed by atoms with Crippen molar-refractivity contribution in [3.05, 3.63) is 95.2 Å². The van der Waals surface area contributed by atoms with Crippen LogP contribution in [0.2, 0.25) is 0 Å². The Morgan fingerprint density at radius 1 is 0.806 bits per heavy atom. The molecule has 0 aromatic heterocycles. The topological polar surface area (TPSA) is 50.8 Å². The van der Waals surface area contributed by atoms with E-state index in [1.54, 1.807) is 19.1 Å². The Morgan fingerprint density at radius 2 is 1.42 bits per heavy atom. The number of aryl methyl sites for hydroxylation is 2. The van der Waals surface area contributed by atoms with Crippen molar-refractivity contribution in [1.82, 2.24) is 0 Å². The van der Waals surface area contributed by atoms with E-state index in [0.717, 1.165) is 22.5 Å². The minimum Gasteiger partial charge on any atom is -0.493 e. The molecule has 0 spiro atoms. The summed E-state index contributed by atoms with van der Waals surface area (Å²) in [4.78, 5) is 15.3. The fraction of sp³-hybridized carbons (Fsp3) is 0.192. The zero-order chi connectivity index (χ0) is 22.0. The van der Waals surface area contributed by atoms with Gasteiger partial charge in [-0.05, 0) is 61.9 Å². The number of carbonyl (C=O) groups excluding carboxylic acids is 1. The van der Waals surface area contributed by atoms with Crippen molar-refractivity contribution in [3.63, 3.8) is 0 Å². The van der Waals surface area contributed by atoms with Crippen LogP contribution in [0, 0.1) is 13.8 Å². The number of rotatable bonds is 6. The van der Waals surface area contributed by atoms with E-state index in [1.807, 2.05) is 86.7 Å². The second kappa shape index (κ2) is 8.56. The Bertz CT molecular complexity index is 1120. The first-order valence-electron chi connectivity index (χ1n) is 10.2. The molecule has 3 aromatic carbocycles. The van der Waals surface area contributed by atoms with E-state index in [2.05, 4.69) is 5.32 Å². The molecule has 0 fully saturated rings. The number of benzene rings is 3. The van der Waals surface area contributed by atoms with E-state index < -0.39 is 0 Å². The standard InChI is InChI=1S/C26H26N2O3/c1-17-5-10-20(11-6-17)27-22-16-23(19-9-14-24(30-3)25(15-19)31-4)28(26(22)29)21-12-7-18(2)8-13-21/h5-16,23,27H,1-4H3/t23-/m1/s1. The summed E-state index contributed by atoms with van der Waals surface area (Å²) in [6, 6.07) is 21.4. The maximum atomic E-state index is 13.5. The van der Waals surface area contributed by atoms with Crippen LogP contribution in [0.5, 0.6) is 11.5 Å². The molecule has 0 bridgehead atoms. The third-order valence-electron chi connectivity index (χ3n) is 5.44. The van der Waals surface area contributed by atoms with Gasteiger partial charge in [0.2, 0.25) is 0 Å². The highest BCUT2D eigenvalue weighted by Gasteiger charge is 2.35. The number of amides is 1. The molecule has 0 radical (unpaired) electrons. The van der Waals surface area contributed by atoms with E-state index >= 15 is 0 Å². The van der Waals surface area contributed by atoms with Gasteiger partial charge in [-0.15, -0.1) is 0 Å². The third-order valence-corrected chi connectivity index (χ3v) is 5.44. The highest BCUT2D eigenvalue weighted by Crippen LogP contribution is 2.39. The number of hydrogen-bond acceptors (Lipinski definition) is 4. The van der Waals surface area contributed by atoms with Gasteiger partial charge in [-0.3, -0.25) is 9.69 Å². The molecule has 1 aliphatic heterocycles. The van der Waals surface area contributed by atoms with Gasteiger partial charge in [0.1, 0.15) is 5.70 Å². The van der Waals surface area contributed by atoms with Crippen LogP contribution >= 0.6 is 0 Å². The van der Waals surface area contributed by atoms with Crippen molar-refractivity contribution < 1.29 is 14.3 Å². The first-order valence-corrected chi connectivity index (χ1v) is 10.2. The Balaban J connectivity index is 1.75. The van der Waals surface area contributed by atoms with Crippen LogP contribution in [0.4, 0.5) is 11.4 Å². The lowest BCUT2D eigenvalue weighted by Gasteiger charge is -2.26. The number of ether oxygens (including phenoxy) is 2. The van der Waals surface area contributed by atoms with Gasteiger partial charge in [0.15, 0.2) is 11.5 Å². The van der Waals surface area contributed by atoms with Gasteiger partial charge in [0.25, 0.3) is 5.91 Å². The normalized spacial score (nSPS) is 15.6. The third kappa shape index (κ3) is 4.12. The number of hydrogen-bond donors (Lipinski definition) is 1. The first kappa shape index (κ1) is 20.5. The molecule has 0 aliphatic carbocycles. The van der Waals surface area contributed by atoms with Crippen molar-refractivity contribution in [3.8, 4) is 11.5 Å². The molecule has 158 valence electrons. The van der Waals surface area contributed by atoms with E-state index in [0.29, 0.717) is 17.2 Å². The van der Waals surface area contributed by atoms with Crippen LogP contribution in [-0.2, 0) is 4.79 Å². The van der Waals surface area contributed by atoms with E-state index in [4.69, 9.17) is 9.47 Å². The lowest BCUT2D eigenvalue weighted by atomic mass is 10.0. The second-order valence-corrected chi connectivity index (χ2v) is 7.64. The highest BCUT2D eigenvalue weighted by atomic mass is 16.5. The monoisotopic (exact) mass is 414 g/mol. The number of carbonyl (C=O) groups is 1. The minimum atomic E-state index is -0.275. The first-order chi connectivity index (χ1) is 15.0. The van der Waals surface area contributed by atoms with E-state index in [-0.39, 0.29) is 11.9 Å². The molecule has 0 saturated heterocycles. The molecule has 1 heterocycles. The SMILES string of the molecule is COc1ccc([C@H]2C=C(Nc3ccc(C)cc3)C(=O)N2c2ccc(C)cc2)cc1OC. The van der Waals surface area contributed by atoms with Crippen molar-refractivity contribution in [2.45, 2.75) is 19.9 Å². The van der Waals surface area contributed by atoms with Crippen molar-refractivity contribution in [2.24, 2.45) is 0 Å². The summed E-state index contributed by atoms with van der Waals surface area (Å²) in [5, 5.41) is 3.29. The average Bonchev–Trinajstić information content (AvgIpc) is 3.11. The molecule has 5 nitrogen and oxygen atoms in total. The molecule has 1 aliphatic rings. The molecule has 1 amide bonds. The molecule has 0 saturated carbocycles. The molecule has 1 atom stereocenters. The van der Waals surface area contributed by atoms with Crippen molar-refractivity contribution >= 4 is 17.3 Å². The van der Waals surface area contributed by atoms with Gasteiger partial charge in [0.05, 0.1) is 20.3 Å². The quantitative estimate of drug-likeness (QED) is 0.586. The summed E-state index contributed by atoms with van der Waals surface area (Å²) in [5.41, 5.74) is 5.51. The molecule has 0 unspecified atom stereocenters. The summed E-state index contributed by atoms with van der Waals surface area (Å²) in [5.74, 6) is 1.20. The number of nitrogens with one attached hydrogen (secondary N) is 1. The molecule has 4 rings (SSSR count). The maximum Gasteiger partial charge on any atom is 0.275 e. The summed E-state index contributed by atoms with van der Waals surface area (Å²) < 4.78 is 10.9. The number of anilines is 2. The molecule has 1 N–H and O–H groups in total. The second-order valence-electron chi connectivity index (χ2n) is 7.64. The van der Waals surface area contributed by atoms with Crippen LogP contribution in [-0.4, -0.2) is 20.1 Å². The summed E-state index contributed by atoms with van der Waals surface area (Å²) in [6.45, 7) is 4.07. The number of methoxy groups -OCH3 is 2. The zero-order valence-corrected chi connectivity index (χ0v) is 18.2. The fourth-order valence-electron chi connectivity index (χ4n) is 3.71. The molecule has 31 heavy (non-hydrogen) atoms. The van der Waals surface area contributed by atoms with Crippen molar-refractivity contribution in [2.75, 3.05) is 24.4 Å². The Morgan fingerprint density at radius 3 is 2.03 bits per heavy atom. The van der Waals surface area contributed by atoms with E-state index in [1.165, 1.54) is 5.56 Å². The van der Waals surface area contributed by atoms with Crippen LogP contribution in [0.25, 0.3) is 0 Å². The Hall–Kier alpha value is -3.73. The predicted molar refractivity (Wildman–Crippen MR) is 124 cm³/mol. The van der Waals surface area contributed by atoms with Crippen LogP contribution in [0.1, 0.15) is 22.7 Å². The van der Waals surface area contributed by atoms with Crippen LogP contribution in [0.3, 0.4) is 0 Å². The Labute approximate surface area is 182 Å². The predicted octanol–water partition coefficient (Wildman–Crippen LogP) is 5.40. The molecular weight excluding hydrogens is 388 g/mol. The highest BCUT2D eigenvalue weighted by molar-refractivity contribution is 6.11. The summed E-state index contributed by atoms with van der Waals surface area (Å²) in [7, 11) is 3.22. The van der Waals surface area contributed by atoms with Gasteiger partial charge >= 0.3 is 0 Å². The van der Waals surface area contributed by atoms with Gasteiger partial charge in [0, 0.05) is 11.4 Å². The maximum absolute atomic E-state index is 13.5. The lowest BCUT2D eigenvalue weighted by molar-refractivity contribution is -0.114. The molecule has 3 aromatic rings. The summed E-state index contributed by atoms with van der Waals surface area (Å²) >= 11 is 0. The molecular formula is C26H26N2O3.